The van der Waals surface area contributed by atoms with Crippen molar-refractivity contribution in [3.05, 3.63) is 36.6 Å². The van der Waals surface area contributed by atoms with Crippen LogP contribution in [-0.2, 0) is 11.3 Å². The zero-order valence-corrected chi connectivity index (χ0v) is 6.84. The second kappa shape index (κ2) is 4.87. The Balaban J connectivity index is 2.32. The lowest BCUT2D eigenvalue weighted by Crippen LogP contribution is -2.06. The number of nitrogens with one attached hydrogen (secondary N) is 1. The Bertz CT molecular complexity index is 298. The van der Waals surface area contributed by atoms with E-state index in [1.807, 2.05) is 0 Å². The molecule has 1 aromatic rings. The van der Waals surface area contributed by atoms with Gasteiger partial charge in [0, 0.05) is 18.5 Å². The van der Waals surface area contributed by atoms with Crippen LogP contribution < -0.4 is 5.32 Å². The van der Waals surface area contributed by atoms with Gasteiger partial charge in [0.25, 0.3) is 0 Å². The molecule has 1 aromatic heterocycles. The molecule has 0 aliphatic rings. The molecule has 0 bridgehead atoms. The van der Waals surface area contributed by atoms with Crippen LogP contribution in [0.2, 0.25) is 0 Å². The summed E-state index contributed by atoms with van der Waals surface area (Å²) in [5, 5.41) is 11.0. The quantitative estimate of drug-likeness (QED) is 0.644. The summed E-state index contributed by atoms with van der Waals surface area (Å²) < 4.78 is 0. The first kappa shape index (κ1) is 9.18. The van der Waals surface area contributed by atoms with Gasteiger partial charge in [-0.25, -0.2) is 14.8 Å². The van der Waals surface area contributed by atoms with Gasteiger partial charge in [-0.05, 0) is 6.07 Å². The highest BCUT2D eigenvalue weighted by atomic mass is 16.4. The van der Waals surface area contributed by atoms with E-state index in [4.69, 9.17) is 5.11 Å². The van der Waals surface area contributed by atoms with E-state index in [-0.39, 0.29) is 0 Å². The lowest BCUT2D eigenvalue weighted by Gasteiger charge is -1.97. The average molecular weight is 179 g/mol. The molecule has 0 radical (unpaired) electrons. The normalized spacial score (nSPS) is 10.2. The summed E-state index contributed by atoms with van der Waals surface area (Å²) >= 11 is 0. The molecule has 0 fully saturated rings. The monoisotopic (exact) mass is 179 g/mol. The van der Waals surface area contributed by atoms with Crippen molar-refractivity contribution in [3.63, 3.8) is 0 Å². The lowest BCUT2D eigenvalue weighted by molar-refractivity contribution is -0.131. The predicted octanol–water partition coefficient (Wildman–Crippen LogP) is 0.164. The summed E-state index contributed by atoms with van der Waals surface area (Å²) in [6, 6.07) is 1.75. The molecule has 13 heavy (non-hydrogen) atoms. The number of aliphatic carboxylic acids is 1. The molecule has 0 aliphatic carbocycles. The molecule has 0 amide bonds. The Morgan fingerprint density at radius 3 is 3.15 bits per heavy atom. The molecule has 0 aliphatic heterocycles. The number of hydrogen-bond acceptors (Lipinski definition) is 4. The van der Waals surface area contributed by atoms with Gasteiger partial charge in [0.05, 0.1) is 12.2 Å². The topological polar surface area (TPSA) is 75.1 Å². The van der Waals surface area contributed by atoms with E-state index in [1.54, 1.807) is 12.3 Å². The molecule has 2 N–H and O–H groups in total. The van der Waals surface area contributed by atoms with Gasteiger partial charge in [-0.15, -0.1) is 0 Å². The van der Waals surface area contributed by atoms with Gasteiger partial charge in [-0.1, -0.05) is 0 Å². The number of aromatic nitrogens is 2. The van der Waals surface area contributed by atoms with Gasteiger partial charge < -0.3 is 10.4 Å². The van der Waals surface area contributed by atoms with E-state index < -0.39 is 5.97 Å². The predicted molar refractivity (Wildman–Crippen MR) is 45.6 cm³/mol. The van der Waals surface area contributed by atoms with Crippen molar-refractivity contribution < 1.29 is 9.90 Å². The van der Waals surface area contributed by atoms with Crippen LogP contribution in [0, 0.1) is 0 Å². The minimum absolute atomic E-state index is 0.492. The molecule has 0 aromatic carbocycles. The second-order valence-corrected chi connectivity index (χ2v) is 2.25. The molecule has 0 saturated heterocycles. The van der Waals surface area contributed by atoms with E-state index >= 15 is 0 Å². The van der Waals surface area contributed by atoms with Crippen molar-refractivity contribution in [1.29, 1.82) is 0 Å². The fraction of sp³-hybridized carbons (Fsp3) is 0.125. The molecule has 0 saturated carbocycles. The van der Waals surface area contributed by atoms with Gasteiger partial charge in [0.1, 0.15) is 6.33 Å². The van der Waals surface area contributed by atoms with Crippen LogP contribution in [0.15, 0.2) is 30.9 Å². The Labute approximate surface area is 75.1 Å². The molecule has 0 spiro atoms. The molecule has 68 valence electrons. The maximum absolute atomic E-state index is 10.1. The van der Waals surface area contributed by atoms with Crippen molar-refractivity contribution >= 4 is 5.97 Å². The number of hydrogen-bond donors (Lipinski definition) is 2. The standard InChI is InChI=1S/C8H9N3O2/c12-8(13)2-4-9-5-7-1-3-10-6-11-7/h1-4,6,9H,5H2,(H,12,13)/b4-2+. The van der Waals surface area contributed by atoms with E-state index in [1.165, 1.54) is 12.5 Å². The molecular weight excluding hydrogens is 170 g/mol. The Hall–Kier alpha value is -1.91. The first-order valence-corrected chi connectivity index (χ1v) is 3.67. The molecule has 0 atom stereocenters. The number of rotatable bonds is 4. The number of nitrogens with zero attached hydrogens (tertiary/aromatic N) is 2. The summed E-state index contributed by atoms with van der Waals surface area (Å²) in [6.45, 7) is 0.492. The molecule has 0 unspecified atom stereocenters. The number of carbonyl (C=O) groups is 1. The van der Waals surface area contributed by atoms with Crippen LogP contribution in [0.1, 0.15) is 5.69 Å². The minimum atomic E-state index is -0.977. The van der Waals surface area contributed by atoms with Crippen molar-refractivity contribution in [2.45, 2.75) is 6.54 Å². The zero-order valence-electron chi connectivity index (χ0n) is 6.84. The molecule has 1 heterocycles. The van der Waals surface area contributed by atoms with Crippen LogP contribution in [0.25, 0.3) is 0 Å². The molecule has 5 nitrogen and oxygen atoms in total. The summed E-state index contributed by atoms with van der Waals surface area (Å²) in [7, 11) is 0. The van der Waals surface area contributed by atoms with Crippen molar-refractivity contribution in [3.8, 4) is 0 Å². The second-order valence-electron chi connectivity index (χ2n) is 2.25. The summed E-state index contributed by atoms with van der Waals surface area (Å²) in [5.41, 5.74) is 0.810. The van der Waals surface area contributed by atoms with Gasteiger partial charge in [0.2, 0.25) is 0 Å². The summed E-state index contributed by atoms with van der Waals surface area (Å²) in [6.07, 6.45) is 5.47. The van der Waals surface area contributed by atoms with Crippen molar-refractivity contribution in [2.75, 3.05) is 0 Å². The Kier molecular flexibility index (Phi) is 3.44. The van der Waals surface area contributed by atoms with Gasteiger partial charge in [0.15, 0.2) is 0 Å². The lowest BCUT2D eigenvalue weighted by atomic mass is 10.4. The Morgan fingerprint density at radius 1 is 1.69 bits per heavy atom. The van der Waals surface area contributed by atoms with Crippen molar-refractivity contribution in [2.24, 2.45) is 0 Å². The number of carboxylic acid groups (broad SMARTS) is 1. The third-order valence-corrected chi connectivity index (χ3v) is 1.27. The van der Waals surface area contributed by atoms with E-state index in [2.05, 4.69) is 15.3 Å². The van der Waals surface area contributed by atoms with Crippen LogP contribution >= 0.6 is 0 Å². The first-order chi connectivity index (χ1) is 6.29. The largest absolute Gasteiger partial charge is 0.478 e. The van der Waals surface area contributed by atoms with Crippen molar-refractivity contribution in [1.82, 2.24) is 15.3 Å². The molecule has 5 heteroatoms. The van der Waals surface area contributed by atoms with E-state index in [0.29, 0.717) is 6.54 Å². The van der Waals surface area contributed by atoms with Crippen LogP contribution in [0.3, 0.4) is 0 Å². The SMILES string of the molecule is O=C(O)/C=C/NCc1ccncn1. The molecule has 1 rings (SSSR count). The highest BCUT2D eigenvalue weighted by molar-refractivity contribution is 5.79. The van der Waals surface area contributed by atoms with Crippen LogP contribution in [-0.4, -0.2) is 21.0 Å². The average Bonchev–Trinajstić information content (AvgIpc) is 2.14. The highest BCUT2D eigenvalue weighted by Gasteiger charge is 1.89. The summed E-state index contributed by atoms with van der Waals surface area (Å²) in [4.78, 5) is 17.7. The van der Waals surface area contributed by atoms with Crippen LogP contribution in [0.4, 0.5) is 0 Å². The maximum atomic E-state index is 10.1. The molecular formula is C8H9N3O2. The van der Waals surface area contributed by atoms with Gasteiger partial charge in [-0.3, -0.25) is 0 Å². The van der Waals surface area contributed by atoms with E-state index in [0.717, 1.165) is 11.8 Å². The fourth-order valence-corrected chi connectivity index (χ4v) is 0.716. The fourth-order valence-electron chi connectivity index (χ4n) is 0.716. The van der Waals surface area contributed by atoms with Gasteiger partial charge >= 0.3 is 5.97 Å². The van der Waals surface area contributed by atoms with Gasteiger partial charge in [-0.2, -0.15) is 0 Å². The third kappa shape index (κ3) is 3.85. The minimum Gasteiger partial charge on any atom is -0.478 e. The third-order valence-electron chi connectivity index (χ3n) is 1.27. The van der Waals surface area contributed by atoms with E-state index in [9.17, 15) is 4.79 Å². The number of carboxylic acids is 1. The maximum Gasteiger partial charge on any atom is 0.329 e. The highest BCUT2D eigenvalue weighted by Crippen LogP contribution is 1.88. The summed E-state index contributed by atoms with van der Waals surface area (Å²) in [5.74, 6) is -0.977. The smallest absolute Gasteiger partial charge is 0.329 e. The first-order valence-electron chi connectivity index (χ1n) is 3.67. The Morgan fingerprint density at radius 2 is 2.54 bits per heavy atom. The van der Waals surface area contributed by atoms with Crippen LogP contribution in [0.5, 0.6) is 0 Å². The zero-order chi connectivity index (χ0) is 9.52.